The number of aliphatic hydroxyl groups is 1. The first kappa shape index (κ1) is 17.8. The van der Waals surface area contributed by atoms with E-state index in [0.717, 1.165) is 31.7 Å². The molecule has 2 N–H and O–H groups in total. The van der Waals surface area contributed by atoms with Gasteiger partial charge in [-0.25, -0.2) is 0 Å². The van der Waals surface area contributed by atoms with Crippen LogP contribution in [0.3, 0.4) is 0 Å². The third-order valence-electron chi connectivity index (χ3n) is 2.93. The number of unbranched alkanes of at least 4 members (excludes halogenated alkanes) is 1. The Kier molecular flexibility index (Phi) is 9.61. The number of methoxy groups -OCH3 is 1. The van der Waals surface area contributed by atoms with Crippen LogP contribution in [0.15, 0.2) is 24.3 Å². The van der Waals surface area contributed by atoms with Gasteiger partial charge in [-0.1, -0.05) is 19.4 Å². The Morgan fingerprint density at radius 3 is 2.81 bits per heavy atom. The Morgan fingerprint density at radius 1 is 1.24 bits per heavy atom. The molecule has 0 saturated heterocycles. The Hall–Kier alpha value is -1.30. The van der Waals surface area contributed by atoms with Gasteiger partial charge in [0.05, 0.1) is 13.7 Å². The summed E-state index contributed by atoms with van der Waals surface area (Å²) in [7, 11) is 1.61. The van der Waals surface area contributed by atoms with E-state index in [1.165, 1.54) is 0 Å². The van der Waals surface area contributed by atoms with Crippen LogP contribution >= 0.6 is 0 Å². The zero-order valence-electron chi connectivity index (χ0n) is 13.0. The zero-order chi connectivity index (χ0) is 15.3. The lowest BCUT2D eigenvalue weighted by Gasteiger charge is -2.13. The second-order valence-corrected chi connectivity index (χ2v) is 4.81. The van der Waals surface area contributed by atoms with Gasteiger partial charge in [0.1, 0.15) is 24.2 Å². The highest BCUT2D eigenvalue weighted by molar-refractivity contribution is 5.32. The van der Waals surface area contributed by atoms with Crippen LogP contribution in [0.25, 0.3) is 0 Å². The fraction of sp³-hybridized carbons (Fsp3) is 0.625. The molecule has 21 heavy (non-hydrogen) atoms. The smallest absolute Gasteiger partial charge is 0.123 e. The van der Waals surface area contributed by atoms with Crippen molar-refractivity contribution in [2.24, 2.45) is 0 Å². The minimum atomic E-state index is -0.549. The highest BCUT2D eigenvalue weighted by Crippen LogP contribution is 2.18. The molecule has 0 aliphatic rings. The van der Waals surface area contributed by atoms with Crippen LogP contribution in [0.5, 0.6) is 11.5 Å². The Balaban J connectivity index is 2.06. The lowest BCUT2D eigenvalue weighted by Crippen LogP contribution is -2.33. The lowest BCUT2D eigenvalue weighted by molar-refractivity contribution is 0.0981. The molecular weight excluding hydrogens is 270 g/mol. The SMILES string of the molecule is CCCCOCCNCC(O)COc1cccc(OC)c1. The maximum absolute atomic E-state index is 9.82. The number of nitrogens with one attached hydrogen (secondary N) is 1. The maximum atomic E-state index is 9.82. The van der Waals surface area contributed by atoms with Gasteiger partial charge in [0.25, 0.3) is 0 Å². The van der Waals surface area contributed by atoms with E-state index in [9.17, 15) is 5.11 Å². The summed E-state index contributed by atoms with van der Waals surface area (Å²) in [4.78, 5) is 0. The third kappa shape index (κ3) is 8.55. The van der Waals surface area contributed by atoms with Crippen molar-refractivity contribution >= 4 is 0 Å². The molecule has 0 aliphatic carbocycles. The van der Waals surface area contributed by atoms with Crippen molar-refractivity contribution in [1.29, 1.82) is 0 Å². The van der Waals surface area contributed by atoms with E-state index >= 15 is 0 Å². The minimum absolute atomic E-state index is 0.247. The predicted octanol–water partition coefficient (Wildman–Crippen LogP) is 1.84. The quantitative estimate of drug-likeness (QED) is 0.577. The zero-order valence-corrected chi connectivity index (χ0v) is 13.0. The molecule has 0 saturated carbocycles. The van der Waals surface area contributed by atoms with Crippen molar-refractivity contribution in [2.75, 3.05) is 40.0 Å². The standard InChI is InChI=1S/C16H27NO4/c1-3-4-9-20-10-8-17-12-14(18)13-21-16-7-5-6-15(11-16)19-2/h5-7,11,14,17-18H,3-4,8-10,12-13H2,1-2H3. The predicted molar refractivity (Wildman–Crippen MR) is 83.1 cm³/mol. The van der Waals surface area contributed by atoms with Crippen molar-refractivity contribution in [3.05, 3.63) is 24.3 Å². The topological polar surface area (TPSA) is 60.0 Å². The molecule has 0 aromatic heterocycles. The van der Waals surface area contributed by atoms with E-state index in [1.807, 2.05) is 18.2 Å². The van der Waals surface area contributed by atoms with E-state index in [-0.39, 0.29) is 6.61 Å². The Bertz CT molecular complexity index is 373. The van der Waals surface area contributed by atoms with Gasteiger partial charge in [-0.05, 0) is 18.6 Å². The van der Waals surface area contributed by atoms with Crippen molar-refractivity contribution in [1.82, 2.24) is 5.32 Å². The van der Waals surface area contributed by atoms with Crippen molar-refractivity contribution in [3.8, 4) is 11.5 Å². The molecule has 0 aliphatic heterocycles. The third-order valence-corrected chi connectivity index (χ3v) is 2.93. The molecule has 1 aromatic rings. The molecule has 1 rings (SSSR count). The molecule has 120 valence electrons. The van der Waals surface area contributed by atoms with Gasteiger partial charge in [0.15, 0.2) is 0 Å². The van der Waals surface area contributed by atoms with Crippen LogP contribution < -0.4 is 14.8 Å². The van der Waals surface area contributed by atoms with Crippen LogP contribution in [0.1, 0.15) is 19.8 Å². The van der Waals surface area contributed by atoms with Gasteiger partial charge in [-0.3, -0.25) is 0 Å². The molecule has 1 aromatic carbocycles. The molecule has 0 bridgehead atoms. The first-order chi connectivity index (χ1) is 10.3. The molecular formula is C16H27NO4. The second kappa shape index (κ2) is 11.4. The largest absolute Gasteiger partial charge is 0.497 e. The summed E-state index contributed by atoms with van der Waals surface area (Å²) >= 11 is 0. The average Bonchev–Trinajstić information content (AvgIpc) is 2.52. The van der Waals surface area contributed by atoms with Gasteiger partial charge in [-0.2, -0.15) is 0 Å². The summed E-state index contributed by atoms with van der Waals surface area (Å²) in [6, 6.07) is 7.34. The number of ether oxygens (including phenoxy) is 3. The fourth-order valence-electron chi connectivity index (χ4n) is 1.70. The Morgan fingerprint density at radius 2 is 2.05 bits per heavy atom. The van der Waals surface area contributed by atoms with Gasteiger partial charge >= 0.3 is 0 Å². The van der Waals surface area contributed by atoms with E-state index in [2.05, 4.69) is 12.2 Å². The summed E-state index contributed by atoms with van der Waals surface area (Å²) in [6.45, 7) is 5.08. The summed E-state index contributed by atoms with van der Waals surface area (Å²) in [5, 5.41) is 13.0. The van der Waals surface area contributed by atoms with Crippen molar-refractivity contribution in [2.45, 2.75) is 25.9 Å². The van der Waals surface area contributed by atoms with Crippen molar-refractivity contribution < 1.29 is 19.3 Å². The summed E-state index contributed by atoms with van der Waals surface area (Å²) in [5.74, 6) is 1.43. The molecule has 5 heteroatoms. The summed E-state index contributed by atoms with van der Waals surface area (Å²) < 4.78 is 16.1. The van der Waals surface area contributed by atoms with Gasteiger partial charge < -0.3 is 24.6 Å². The average molecular weight is 297 g/mol. The van der Waals surface area contributed by atoms with Crippen molar-refractivity contribution in [3.63, 3.8) is 0 Å². The summed E-state index contributed by atoms with van der Waals surface area (Å²) in [6.07, 6.45) is 1.69. The maximum Gasteiger partial charge on any atom is 0.123 e. The molecule has 0 spiro atoms. The lowest BCUT2D eigenvalue weighted by atomic mass is 10.3. The molecule has 1 unspecified atom stereocenters. The molecule has 0 radical (unpaired) electrons. The molecule has 0 heterocycles. The normalized spacial score (nSPS) is 12.1. The van der Waals surface area contributed by atoms with E-state index in [0.29, 0.717) is 18.9 Å². The van der Waals surface area contributed by atoms with Crippen LogP contribution in [0.2, 0.25) is 0 Å². The fourth-order valence-corrected chi connectivity index (χ4v) is 1.70. The second-order valence-electron chi connectivity index (χ2n) is 4.81. The number of hydrogen-bond acceptors (Lipinski definition) is 5. The molecule has 0 amide bonds. The summed E-state index contributed by atoms with van der Waals surface area (Å²) in [5.41, 5.74) is 0. The van der Waals surface area contributed by atoms with E-state index < -0.39 is 6.10 Å². The van der Waals surface area contributed by atoms with Crippen LogP contribution in [-0.4, -0.2) is 51.2 Å². The highest BCUT2D eigenvalue weighted by Gasteiger charge is 2.05. The molecule has 5 nitrogen and oxygen atoms in total. The van der Waals surface area contributed by atoms with Crippen LogP contribution in [-0.2, 0) is 4.74 Å². The van der Waals surface area contributed by atoms with Crippen LogP contribution in [0, 0.1) is 0 Å². The Labute approximate surface area is 127 Å². The first-order valence-corrected chi connectivity index (χ1v) is 7.49. The minimum Gasteiger partial charge on any atom is -0.497 e. The van der Waals surface area contributed by atoms with E-state index in [4.69, 9.17) is 14.2 Å². The molecule has 1 atom stereocenters. The number of hydrogen-bond donors (Lipinski definition) is 2. The van der Waals surface area contributed by atoms with Gasteiger partial charge in [0.2, 0.25) is 0 Å². The van der Waals surface area contributed by atoms with Crippen LogP contribution in [0.4, 0.5) is 0 Å². The number of benzene rings is 1. The van der Waals surface area contributed by atoms with E-state index in [1.54, 1.807) is 13.2 Å². The monoisotopic (exact) mass is 297 g/mol. The first-order valence-electron chi connectivity index (χ1n) is 7.49. The number of rotatable bonds is 12. The van der Waals surface area contributed by atoms with Gasteiger partial charge in [-0.15, -0.1) is 0 Å². The highest BCUT2D eigenvalue weighted by atomic mass is 16.5. The molecule has 0 fully saturated rings. The number of aliphatic hydroxyl groups excluding tert-OH is 1. The van der Waals surface area contributed by atoms with Gasteiger partial charge in [0, 0.05) is 25.8 Å².